The van der Waals surface area contributed by atoms with Crippen LogP contribution in [0.15, 0.2) is 12.7 Å². The molecule has 0 spiro atoms. The molecule has 2 unspecified atom stereocenters. The fourth-order valence-electron chi connectivity index (χ4n) is 1.70. The van der Waals surface area contributed by atoms with Crippen molar-refractivity contribution in [1.29, 1.82) is 0 Å². The second-order valence-corrected chi connectivity index (χ2v) is 5.14. The minimum atomic E-state index is 0.767. The lowest BCUT2D eigenvalue weighted by molar-refractivity contribution is 0.570. The highest BCUT2D eigenvalue weighted by molar-refractivity contribution is 7.17. The highest BCUT2D eigenvalue weighted by Gasteiger charge is 1.98. The summed E-state index contributed by atoms with van der Waals surface area (Å²) in [6.45, 7) is 6.04. The van der Waals surface area contributed by atoms with Gasteiger partial charge in [-0.1, -0.05) is 57.9 Å². The van der Waals surface area contributed by atoms with E-state index in [9.17, 15) is 0 Å². The molecule has 2 atom stereocenters. The van der Waals surface area contributed by atoms with E-state index in [0.29, 0.717) is 0 Å². The van der Waals surface area contributed by atoms with E-state index in [1.54, 1.807) is 0 Å². The molecular formula is C13H27P. The van der Waals surface area contributed by atoms with E-state index >= 15 is 0 Å². The van der Waals surface area contributed by atoms with Gasteiger partial charge >= 0.3 is 0 Å². The molecule has 14 heavy (non-hydrogen) atoms. The van der Waals surface area contributed by atoms with E-state index in [0.717, 1.165) is 12.1 Å². The molecule has 0 radical (unpaired) electrons. The van der Waals surface area contributed by atoms with Crippen molar-refractivity contribution in [3.8, 4) is 0 Å². The molecule has 0 aromatic carbocycles. The van der Waals surface area contributed by atoms with Crippen LogP contribution in [0.1, 0.15) is 64.7 Å². The average molecular weight is 214 g/mol. The molecule has 0 rings (SSSR count). The zero-order valence-electron chi connectivity index (χ0n) is 9.80. The number of hydrogen-bond donors (Lipinski definition) is 0. The summed E-state index contributed by atoms with van der Waals surface area (Å²) in [5, 5.41) is 0. The Bertz CT molecular complexity index is 120. The van der Waals surface area contributed by atoms with Gasteiger partial charge in [0.15, 0.2) is 0 Å². The molecule has 1 heteroatoms. The van der Waals surface area contributed by atoms with E-state index in [-0.39, 0.29) is 0 Å². The minimum Gasteiger partial charge on any atom is -0.134 e. The second kappa shape index (κ2) is 11.2. The van der Waals surface area contributed by atoms with E-state index in [1.165, 1.54) is 51.4 Å². The lowest BCUT2D eigenvalue weighted by atomic mass is 10.1. The van der Waals surface area contributed by atoms with Crippen molar-refractivity contribution in [1.82, 2.24) is 0 Å². The van der Waals surface area contributed by atoms with Crippen LogP contribution in [-0.4, -0.2) is 5.66 Å². The Morgan fingerprint density at radius 3 is 2.21 bits per heavy atom. The number of hydrogen-bond acceptors (Lipinski definition) is 0. The quantitative estimate of drug-likeness (QED) is 0.274. The van der Waals surface area contributed by atoms with Gasteiger partial charge in [0.2, 0.25) is 0 Å². The molecule has 0 aromatic rings. The third-order valence-electron chi connectivity index (χ3n) is 2.65. The van der Waals surface area contributed by atoms with Crippen LogP contribution in [-0.2, 0) is 0 Å². The number of allylic oxidation sites excluding steroid dienone is 1. The van der Waals surface area contributed by atoms with Gasteiger partial charge in [0.25, 0.3) is 0 Å². The molecule has 0 saturated heterocycles. The first-order chi connectivity index (χ1) is 6.81. The van der Waals surface area contributed by atoms with Gasteiger partial charge in [0.05, 0.1) is 0 Å². The van der Waals surface area contributed by atoms with Crippen molar-refractivity contribution < 1.29 is 0 Å². The SMILES string of the molecule is C=CCC(P)CCCCCCCCC. The summed E-state index contributed by atoms with van der Waals surface area (Å²) in [5.41, 5.74) is 0.767. The largest absolute Gasteiger partial charge is 0.134 e. The van der Waals surface area contributed by atoms with E-state index < -0.39 is 0 Å². The van der Waals surface area contributed by atoms with Crippen LogP contribution in [0, 0.1) is 0 Å². The first-order valence-electron chi connectivity index (χ1n) is 6.17. The van der Waals surface area contributed by atoms with Crippen LogP contribution in [0.4, 0.5) is 0 Å². The van der Waals surface area contributed by atoms with E-state index in [4.69, 9.17) is 0 Å². The first kappa shape index (κ1) is 14.2. The van der Waals surface area contributed by atoms with Crippen molar-refractivity contribution in [3.63, 3.8) is 0 Å². The third-order valence-corrected chi connectivity index (χ3v) is 3.25. The molecule has 0 aliphatic rings. The fraction of sp³-hybridized carbons (Fsp3) is 0.846. The van der Waals surface area contributed by atoms with Gasteiger partial charge in [0, 0.05) is 0 Å². The number of unbranched alkanes of at least 4 members (excludes halogenated alkanes) is 6. The van der Waals surface area contributed by atoms with Gasteiger partial charge < -0.3 is 0 Å². The Morgan fingerprint density at radius 2 is 1.64 bits per heavy atom. The highest BCUT2D eigenvalue weighted by Crippen LogP contribution is 2.16. The molecule has 0 bridgehead atoms. The lowest BCUT2D eigenvalue weighted by Crippen LogP contribution is -1.94. The average Bonchev–Trinajstić information content (AvgIpc) is 2.17. The van der Waals surface area contributed by atoms with Gasteiger partial charge in [0.1, 0.15) is 0 Å². The molecule has 0 N–H and O–H groups in total. The van der Waals surface area contributed by atoms with Crippen molar-refractivity contribution in [2.45, 2.75) is 70.4 Å². The van der Waals surface area contributed by atoms with Gasteiger partial charge in [-0.15, -0.1) is 15.8 Å². The van der Waals surface area contributed by atoms with Gasteiger partial charge in [-0.2, -0.15) is 0 Å². The van der Waals surface area contributed by atoms with Crippen LogP contribution in [0.3, 0.4) is 0 Å². The van der Waals surface area contributed by atoms with Gasteiger partial charge in [-0.25, -0.2) is 0 Å². The van der Waals surface area contributed by atoms with Crippen molar-refractivity contribution in [3.05, 3.63) is 12.7 Å². The van der Waals surface area contributed by atoms with Crippen LogP contribution in [0.5, 0.6) is 0 Å². The van der Waals surface area contributed by atoms with Crippen LogP contribution in [0.2, 0.25) is 0 Å². The molecule has 0 fully saturated rings. The maximum absolute atomic E-state index is 3.77. The van der Waals surface area contributed by atoms with Crippen LogP contribution in [0.25, 0.3) is 0 Å². The lowest BCUT2D eigenvalue weighted by Gasteiger charge is -2.07. The summed E-state index contributed by atoms with van der Waals surface area (Å²) in [5.74, 6) is 0. The molecule has 0 heterocycles. The standard InChI is InChI=1S/C13H27P/c1-3-5-6-7-8-9-10-12-13(14)11-4-2/h4,13H,2-3,5-12,14H2,1H3. The smallest absolute Gasteiger partial charge is 0.0230 e. The summed E-state index contributed by atoms with van der Waals surface area (Å²) < 4.78 is 0. The molecule has 0 aromatic heterocycles. The Hall–Kier alpha value is 0.170. The Labute approximate surface area is 92.8 Å². The van der Waals surface area contributed by atoms with Gasteiger partial charge in [-0.3, -0.25) is 0 Å². The first-order valence-corrected chi connectivity index (χ1v) is 6.84. The maximum atomic E-state index is 3.77. The van der Waals surface area contributed by atoms with Crippen LogP contribution >= 0.6 is 9.24 Å². The maximum Gasteiger partial charge on any atom is -0.0230 e. The Balaban J connectivity index is 3.01. The second-order valence-electron chi connectivity index (χ2n) is 4.19. The van der Waals surface area contributed by atoms with Crippen LogP contribution < -0.4 is 0 Å². The minimum absolute atomic E-state index is 0.767. The molecule has 0 aliphatic heterocycles. The zero-order chi connectivity index (χ0) is 10.6. The summed E-state index contributed by atoms with van der Waals surface area (Å²) in [6, 6.07) is 0. The summed E-state index contributed by atoms with van der Waals surface area (Å²) >= 11 is 0. The monoisotopic (exact) mass is 214 g/mol. The summed E-state index contributed by atoms with van der Waals surface area (Å²) in [4.78, 5) is 0. The predicted molar refractivity (Wildman–Crippen MR) is 70.9 cm³/mol. The summed E-state index contributed by atoms with van der Waals surface area (Å²) in [6.07, 6.45) is 14.4. The zero-order valence-corrected chi connectivity index (χ0v) is 11.0. The Morgan fingerprint density at radius 1 is 1.07 bits per heavy atom. The molecule has 0 nitrogen and oxygen atoms in total. The predicted octanol–water partition coefficient (Wildman–Crippen LogP) is 4.95. The molecule has 0 aliphatic carbocycles. The van der Waals surface area contributed by atoms with Gasteiger partial charge in [-0.05, 0) is 18.5 Å². The van der Waals surface area contributed by atoms with E-state index in [2.05, 4.69) is 22.7 Å². The molecular weight excluding hydrogens is 187 g/mol. The fourth-order valence-corrected chi connectivity index (χ4v) is 2.12. The normalized spacial score (nSPS) is 12.7. The number of rotatable bonds is 10. The van der Waals surface area contributed by atoms with Crippen molar-refractivity contribution >= 4 is 9.24 Å². The Kier molecular flexibility index (Phi) is 11.4. The highest BCUT2D eigenvalue weighted by atomic mass is 31.0. The van der Waals surface area contributed by atoms with Crippen molar-refractivity contribution in [2.24, 2.45) is 0 Å². The molecule has 0 saturated carbocycles. The molecule has 0 amide bonds. The van der Waals surface area contributed by atoms with Crippen molar-refractivity contribution in [2.75, 3.05) is 0 Å². The third kappa shape index (κ3) is 10.3. The summed E-state index contributed by atoms with van der Waals surface area (Å²) in [7, 11) is 2.92. The topological polar surface area (TPSA) is 0 Å². The molecule has 84 valence electrons. The van der Waals surface area contributed by atoms with E-state index in [1.807, 2.05) is 6.08 Å².